The number of nitrogens with one attached hydrogen (secondary N) is 2. The molecule has 28 heavy (non-hydrogen) atoms. The Morgan fingerprint density at radius 2 is 2.11 bits per heavy atom. The minimum Gasteiger partial charge on any atom is -0.394 e. The lowest BCUT2D eigenvalue weighted by Gasteiger charge is -2.23. The number of H-pyrrole nitrogens is 1. The molecule has 4 heterocycles. The van der Waals surface area contributed by atoms with Gasteiger partial charge in [-0.2, -0.15) is 0 Å². The average molecular weight is 401 g/mol. The molecule has 5 rings (SSSR count). The van der Waals surface area contributed by atoms with Gasteiger partial charge in [0.1, 0.15) is 29.9 Å². The lowest BCUT2D eigenvalue weighted by molar-refractivity contribution is -0.328. The summed E-state index contributed by atoms with van der Waals surface area (Å²) in [5.74, 6) is 2.08. The van der Waals surface area contributed by atoms with Crippen molar-refractivity contribution in [1.29, 1.82) is 0 Å². The highest BCUT2D eigenvalue weighted by Gasteiger charge is 2.31. The first-order valence-electron chi connectivity index (χ1n) is 10.1. The molecule has 8 heteroatoms. The van der Waals surface area contributed by atoms with Crippen LogP contribution >= 0.6 is 11.3 Å². The van der Waals surface area contributed by atoms with Gasteiger partial charge in [-0.25, -0.2) is 15.0 Å². The number of anilines is 2. The lowest BCUT2D eigenvalue weighted by Crippen LogP contribution is -2.40. The first-order chi connectivity index (χ1) is 13.8. The van der Waals surface area contributed by atoms with E-state index in [1.165, 1.54) is 28.8 Å². The number of aromatic amines is 1. The van der Waals surface area contributed by atoms with Gasteiger partial charge < -0.3 is 15.2 Å². The van der Waals surface area contributed by atoms with Gasteiger partial charge in [-0.05, 0) is 31.2 Å². The van der Waals surface area contributed by atoms with E-state index in [-0.39, 0.29) is 12.6 Å². The molecule has 1 aliphatic carbocycles. The number of aliphatic hydroxyl groups is 1. The number of fused-ring (bicyclic) bond motifs is 5. The van der Waals surface area contributed by atoms with Gasteiger partial charge in [-0.15, -0.1) is 0 Å². The summed E-state index contributed by atoms with van der Waals surface area (Å²) >= 11 is 1.71. The fourth-order valence-corrected chi connectivity index (χ4v) is 5.50. The molecule has 0 spiro atoms. The zero-order valence-electron chi connectivity index (χ0n) is 16.1. The molecule has 0 unspecified atom stereocenters. The number of ether oxygens (including phenoxy) is 1. The van der Waals surface area contributed by atoms with Crippen molar-refractivity contribution in [1.82, 2.24) is 9.97 Å². The van der Waals surface area contributed by atoms with Crippen molar-refractivity contribution < 1.29 is 14.8 Å². The fraction of sp³-hybridized carbons (Fsp3) is 0.550. The molecule has 0 radical (unpaired) electrons. The number of hydrogen-bond donors (Lipinski definition) is 2. The normalized spacial score (nSPS) is 18.0. The van der Waals surface area contributed by atoms with E-state index in [4.69, 9.17) is 4.74 Å². The van der Waals surface area contributed by atoms with Crippen LogP contribution in [0.25, 0.3) is 20.4 Å². The van der Waals surface area contributed by atoms with Crippen LogP contribution in [0.1, 0.15) is 30.9 Å². The smallest absolute Gasteiger partial charge is 0.279 e. The maximum absolute atomic E-state index is 9.58. The number of pyridine rings is 1. The molecule has 0 amide bonds. The van der Waals surface area contributed by atoms with E-state index < -0.39 is 0 Å². The molecular weight excluding hydrogens is 374 g/mol. The van der Waals surface area contributed by atoms with Crippen molar-refractivity contribution in [2.24, 2.45) is 0 Å². The van der Waals surface area contributed by atoms with Gasteiger partial charge in [0.2, 0.25) is 0 Å². The number of aryl methyl sites for hydroxylation is 1. The van der Waals surface area contributed by atoms with Crippen LogP contribution in [0.2, 0.25) is 0 Å². The second-order valence-corrected chi connectivity index (χ2v) is 8.54. The van der Waals surface area contributed by atoms with Gasteiger partial charge >= 0.3 is 0 Å². The van der Waals surface area contributed by atoms with Gasteiger partial charge in [0.15, 0.2) is 4.83 Å². The Morgan fingerprint density at radius 3 is 2.89 bits per heavy atom. The zero-order chi connectivity index (χ0) is 19.1. The monoisotopic (exact) mass is 400 g/mol. The van der Waals surface area contributed by atoms with E-state index in [1.807, 2.05) is 0 Å². The predicted molar refractivity (Wildman–Crippen MR) is 111 cm³/mol. The Morgan fingerprint density at radius 1 is 1.29 bits per heavy atom. The molecule has 0 aromatic carbocycles. The Bertz CT molecular complexity index is 1010. The third-order valence-electron chi connectivity index (χ3n) is 5.89. The molecular formula is C20H26N5O2S+. The second-order valence-electron chi connectivity index (χ2n) is 7.52. The van der Waals surface area contributed by atoms with Gasteiger partial charge in [0.05, 0.1) is 36.8 Å². The third kappa shape index (κ3) is 2.91. The Labute approximate surface area is 167 Å². The third-order valence-corrected chi connectivity index (χ3v) is 6.99. The molecule has 1 aliphatic heterocycles. The summed E-state index contributed by atoms with van der Waals surface area (Å²) in [4.78, 5) is 16.5. The molecule has 0 saturated carbocycles. The molecule has 3 aromatic heterocycles. The number of aromatic nitrogens is 3. The van der Waals surface area contributed by atoms with Crippen LogP contribution in [0.5, 0.6) is 0 Å². The van der Waals surface area contributed by atoms with E-state index in [0.717, 1.165) is 66.4 Å². The van der Waals surface area contributed by atoms with Crippen molar-refractivity contribution in [3.05, 3.63) is 17.5 Å². The maximum atomic E-state index is 9.58. The predicted octanol–water partition coefficient (Wildman–Crippen LogP) is 2.17. The molecule has 0 bridgehead atoms. The lowest BCUT2D eigenvalue weighted by atomic mass is 10.1. The summed E-state index contributed by atoms with van der Waals surface area (Å²) in [5.41, 5.74) is 3.91. The number of rotatable bonds is 5. The van der Waals surface area contributed by atoms with E-state index in [2.05, 4.69) is 32.1 Å². The van der Waals surface area contributed by atoms with Gasteiger partial charge in [-0.1, -0.05) is 18.3 Å². The van der Waals surface area contributed by atoms with E-state index in [9.17, 15) is 5.11 Å². The fourth-order valence-electron chi connectivity index (χ4n) is 4.37. The summed E-state index contributed by atoms with van der Waals surface area (Å²) < 4.78 is 6.61. The highest BCUT2D eigenvalue weighted by molar-refractivity contribution is 7.25. The molecule has 1 saturated heterocycles. The Balaban J connectivity index is 1.68. The number of nitrogens with zero attached hydrogens (tertiary/aromatic N) is 3. The van der Waals surface area contributed by atoms with Crippen molar-refractivity contribution >= 4 is 43.4 Å². The summed E-state index contributed by atoms with van der Waals surface area (Å²) in [6.07, 6.45) is 5.89. The van der Waals surface area contributed by atoms with Crippen LogP contribution in [-0.4, -0.2) is 54.0 Å². The standard InChI is InChI=1S/C20H25N5O2S/c1-2-12(10-26)23-18-17-16(21-11-22-18)15-13-4-3-5-14(13)19(24-20(15)28-17)25-6-8-27-9-7-25/h11-12,26H,2-10H2,1H3,(H,21,22,23)/p+1/t12-/m0/s1. The highest BCUT2D eigenvalue weighted by Crippen LogP contribution is 2.41. The molecule has 3 N–H and O–H groups in total. The van der Waals surface area contributed by atoms with Crippen molar-refractivity contribution in [2.75, 3.05) is 43.1 Å². The molecule has 1 fully saturated rings. The summed E-state index contributed by atoms with van der Waals surface area (Å²) in [5, 5.41) is 14.2. The number of hydrogen-bond acceptors (Lipinski definition) is 7. The molecule has 1 atom stereocenters. The van der Waals surface area contributed by atoms with E-state index >= 15 is 0 Å². The SMILES string of the molecule is CC[C@@H](CO)Nc1ncnc2c1sc1[nH+]c(N3CCOCC3)c3c(c12)CCC3. The average Bonchev–Trinajstić information content (AvgIpc) is 3.36. The van der Waals surface area contributed by atoms with Gasteiger partial charge in [0, 0.05) is 5.56 Å². The van der Waals surface area contributed by atoms with Gasteiger partial charge in [0.25, 0.3) is 5.82 Å². The summed E-state index contributed by atoms with van der Waals surface area (Å²) in [6, 6.07) is 0.00178. The van der Waals surface area contributed by atoms with Crippen LogP contribution in [0, 0.1) is 0 Å². The molecule has 148 valence electrons. The maximum Gasteiger partial charge on any atom is 0.279 e. The van der Waals surface area contributed by atoms with Crippen LogP contribution in [0.15, 0.2) is 6.33 Å². The molecule has 2 aliphatic rings. The second kappa shape index (κ2) is 7.42. The van der Waals surface area contributed by atoms with E-state index in [0.29, 0.717) is 0 Å². The summed E-state index contributed by atoms with van der Waals surface area (Å²) in [6.45, 7) is 5.58. The number of thiophene rings is 1. The molecule has 3 aromatic rings. The van der Waals surface area contributed by atoms with Crippen LogP contribution in [0.4, 0.5) is 11.6 Å². The first kappa shape index (κ1) is 18.0. The first-order valence-corrected chi connectivity index (χ1v) is 11.0. The zero-order valence-corrected chi connectivity index (χ0v) is 16.9. The van der Waals surface area contributed by atoms with Crippen LogP contribution in [-0.2, 0) is 17.6 Å². The van der Waals surface area contributed by atoms with Crippen LogP contribution in [0.3, 0.4) is 0 Å². The van der Waals surface area contributed by atoms with Crippen molar-refractivity contribution in [3.8, 4) is 0 Å². The van der Waals surface area contributed by atoms with Gasteiger partial charge in [-0.3, -0.25) is 4.90 Å². The minimum atomic E-state index is 0.00178. The largest absolute Gasteiger partial charge is 0.394 e. The van der Waals surface area contributed by atoms with Crippen molar-refractivity contribution in [3.63, 3.8) is 0 Å². The molecule has 7 nitrogen and oxygen atoms in total. The minimum absolute atomic E-state index is 0.00178. The Kier molecular flexibility index (Phi) is 4.78. The number of aliphatic hydroxyl groups excluding tert-OH is 1. The summed E-state index contributed by atoms with van der Waals surface area (Å²) in [7, 11) is 0. The van der Waals surface area contributed by atoms with E-state index in [1.54, 1.807) is 17.7 Å². The number of morpholine rings is 1. The quantitative estimate of drug-likeness (QED) is 0.683. The topological polar surface area (TPSA) is 84.7 Å². The highest BCUT2D eigenvalue weighted by atomic mass is 32.1. The van der Waals surface area contributed by atoms with Crippen molar-refractivity contribution in [2.45, 2.75) is 38.6 Å². The Hall–Kier alpha value is -2.03. The van der Waals surface area contributed by atoms with Crippen LogP contribution < -0.4 is 15.2 Å².